The molecule has 7 nitrogen and oxygen atoms in total. The van der Waals surface area contributed by atoms with E-state index in [2.05, 4.69) is 10.6 Å². The van der Waals surface area contributed by atoms with Gasteiger partial charge in [-0.1, -0.05) is 97.1 Å². The van der Waals surface area contributed by atoms with Gasteiger partial charge in [-0.15, -0.1) is 0 Å². The molecule has 0 atom stereocenters. The zero-order valence-corrected chi connectivity index (χ0v) is 23.2. The van der Waals surface area contributed by atoms with Gasteiger partial charge in [-0.3, -0.25) is 0 Å². The second-order valence-electron chi connectivity index (χ2n) is 9.38. The quantitative estimate of drug-likeness (QED) is 0.179. The number of anilines is 2. The van der Waals surface area contributed by atoms with Gasteiger partial charge >= 0.3 is 12.0 Å². The van der Waals surface area contributed by atoms with E-state index in [1.165, 1.54) is 13.2 Å². The third-order valence-electron chi connectivity index (χ3n) is 6.65. The standard InChI is InChI=1S/C35H30N2O5/c1-40-32-20-18-27(24-12-6-3-7-13-24)22-30(32)37-35(39)36-28-19-21-31(29(23-28)34(38)41-2)42-33(25-14-8-4-9-15-25)26-16-10-5-11-17-26/h3-23,33H,1-2H3,(H2,36,37,39). The van der Waals surface area contributed by atoms with Crippen LogP contribution in [-0.2, 0) is 4.74 Å². The molecule has 5 aromatic rings. The normalized spacial score (nSPS) is 10.5. The van der Waals surface area contributed by atoms with Crippen molar-refractivity contribution >= 4 is 23.4 Å². The number of rotatable bonds is 9. The van der Waals surface area contributed by atoms with Crippen molar-refractivity contribution in [3.8, 4) is 22.6 Å². The molecule has 0 bridgehead atoms. The molecule has 0 aromatic heterocycles. The SMILES string of the molecule is COC(=O)c1cc(NC(=O)Nc2cc(-c3ccccc3)ccc2OC)ccc1OC(c1ccccc1)c1ccccc1. The number of amides is 2. The number of ether oxygens (including phenoxy) is 3. The van der Waals surface area contributed by atoms with E-state index >= 15 is 0 Å². The lowest BCUT2D eigenvalue weighted by Crippen LogP contribution is -2.20. The first-order chi connectivity index (χ1) is 20.6. The molecule has 0 saturated carbocycles. The van der Waals surface area contributed by atoms with Gasteiger partial charge in [-0.2, -0.15) is 0 Å². The Kier molecular flexibility index (Phi) is 8.79. The van der Waals surface area contributed by atoms with Gasteiger partial charge in [0.05, 0.1) is 19.9 Å². The number of nitrogens with one attached hydrogen (secondary N) is 2. The first-order valence-corrected chi connectivity index (χ1v) is 13.4. The number of hydrogen-bond donors (Lipinski definition) is 2. The number of methoxy groups -OCH3 is 2. The predicted molar refractivity (Wildman–Crippen MR) is 164 cm³/mol. The number of urea groups is 1. The van der Waals surface area contributed by atoms with Crippen LogP contribution in [-0.4, -0.2) is 26.2 Å². The van der Waals surface area contributed by atoms with Gasteiger partial charge in [0.15, 0.2) is 0 Å². The van der Waals surface area contributed by atoms with Crippen LogP contribution < -0.4 is 20.1 Å². The van der Waals surface area contributed by atoms with Crippen molar-refractivity contribution in [2.45, 2.75) is 6.10 Å². The van der Waals surface area contributed by atoms with Crippen molar-refractivity contribution in [1.29, 1.82) is 0 Å². The molecule has 0 spiro atoms. The first-order valence-electron chi connectivity index (χ1n) is 13.4. The van der Waals surface area contributed by atoms with Crippen molar-refractivity contribution < 1.29 is 23.8 Å². The highest BCUT2D eigenvalue weighted by atomic mass is 16.5. The van der Waals surface area contributed by atoms with Crippen molar-refractivity contribution in [2.75, 3.05) is 24.9 Å². The van der Waals surface area contributed by atoms with Gasteiger partial charge in [-0.05, 0) is 52.6 Å². The molecule has 0 aliphatic carbocycles. The van der Waals surface area contributed by atoms with Crippen molar-refractivity contribution in [3.05, 3.63) is 144 Å². The Morgan fingerprint density at radius 3 is 1.81 bits per heavy atom. The molecular weight excluding hydrogens is 528 g/mol. The molecule has 0 heterocycles. The fraction of sp³-hybridized carbons (Fsp3) is 0.0857. The molecule has 7 heteroatoms. The second-order valence-corrected chi connectivity index (χ2v) is 9.38. The lowest BCUT2D eigenvalue weighted by atomic mass is 10.0. The molecule has 5 rings (SSSR count). The van der Waals surface area contributed by atoms with Crippen LogP contribution >= 0.6 is 0 Å². The minimum Gasteiger partial charge on any atom is -0.495 e. The van der Waals surface area contributed by atoms with E-state index in [1.54, 1.807) is 25.3 Å². The summed E-state index contributed by atoms with van der Waals surface area (Å²) < 4.78 is 16.9. The Hall–Kier alpha value is -5.56. The van der Waals surface area contributed by atoms with Crippen LogP contribution in [0, 0.1) is 0 Å². The van der Waals surface area contributed by atoms with Gasteiger partial charge in [0.1, 0.15) is 23.2 Å². The average Bonchev–Trinajstić information content (AvgIpc) is 3.04. The van der Waals surface area contributed by atoms with E-state index in [1.807, 2.05) is 103 Å². The second kappa shape index (κ2) is 13.2. The summed E-state index contributed by atoms with van der Waals surface area (Å²) in [6, 6.07) is 39.2. The van der Waals surface area contributed by atoms with Crippen LogP contribution in [0.3, 0.4) is 0 Å². The molecule has 42 heavy (non-hydrogen) atoms. The summed E-state index contributed by atoms with van der Waals surface area (Å²) in [7, 11) is 2.84. The van der Waals surface area contributed by atoms with Gasteiger partial charge in [0, 0.05) is 5.69 Å². The zero-order valence-electron chi connectivity index (χ0n) is 23.2. The van der Waals surface area contributed by atoms with E-state index in [-0.39, 0.29) is 5.56 Å². The maximum absolute atomic E-state index is 13.1. The zero-order chi connectivity index (χ0) is 29.3. The van der Waals surface area contributed by atoms with Crippen LogP contribution in [0.5, 0.6) is 11.5 Å². The third-order valence-corrected chi connectivity index (χ3v) is 6.65. The van der Waals surface area contributed by atoms with Gasteiger partial charge in [0.2, 0.25) is 0 Å². The topological polar surface area (TPSA) is 85.9 Å². The summed E-state index contributed by atoms with van der Waals surface area (Å²) in [6.45, 7) is 0. The van der Waals surface area contributed by atoms with E-state index in [9.17, 15) is 9.59 Å². The van der Waals surface area contributed by atoms with Gasteiger partial charge < -0.3 is 24.8 Å². The first kappa shape index (κ1) is 28.0. The highest BCUT2D eigenvalue weighted by Gasteiger charge is 2.21. The lowest BCUT2D eigenvalue weighted by molar-refractivity contribution is 0.0594. The smallest absolute Gasteiger partial charge is 0.341 e. The number of benzene rings is 5. The molecule has 0 aliphatic rings. The van der Waals surface area contributed by atoms with Crippen LogP contribution in [0.1, 0.15) is 27.6 Å². The highest BCUT2D eigenvalue weighted by molar-refractivity contribution is 6.02. The number of carbonyl (C=O) groups excluding carboxylic acids is 2. The minimum atomic E-state index is -0.592. The van der Waals surface area contributed by atoms with E-state index in [0.29, 0.717) is 22.9 Å². The average molecular weight is 559 g/mol. The molecular formula is C35H30N2O5. The molecule has 210 valence electrons. The summed E-state index contributed by atoms with van der Waals surface area (Å²) >= 11 is 0. The Labute approximate surface area is 244 Å². The molecule has 0 unspecified atom stereocenters. The molecule has 2 amide bonds. The third kappa shape index (κ3) is 6.59. The summed E-state index contributed by atoms with van der Waals surface area (Å²) in [5.74, 6) is 0.241. The molecule has 0 saturated heterocycles. The highest BCUT2D eigenvalue weighted by Crippen LogP contribution is 2.33. The fourth-order valence-electron chi connectivity index (χ4n) is 4.59. The number of carbonyl (C=O) groups is 2. The summed E-state index contributed by atoms with van der Waals surface area (Å²) in [5.41, 5.74) is 4.84. The largest absolute Gasteiger partial charge is 0.495 e. The maximum Gasteiger partial charge on any atom is 0.341 e. The summed E-state index contributed by atoms with van der Waals surface area (Å²) in [4.78, 5) is 25.9. The van der Waals surface area contributed by atoms with E-state index < -0.39 is 18.1 Å². The summed E-state index contributed by atoms with van der Waals surface area (Å²) in [5, 5.41) is 5.65. The number of esters is 1. The molecule has 0 aliphatic heterocycles. The van der Waals surface area contributed by atoms with Crippen LogP contribution in [0.2, 0.25) is 0 Å². The Morgan fingerprint density at radius 2 is 1.21 bits per heavy atom. The summed E-state index contributed by atoms with van der Waals surface area (Å²) in [6.07, 6.45) is -0.470. The molecule has 2 N–H and O–H groups in total. The predicted octanol–water partition coefficient (Wildman–Crippen LogP) is 7.96. The van der Waals surface area contributed by atoms with Crippen LogP contribution in [0.4, 0.5) is 16.2 Å². The van der Waals surface area contributed by atoms with E-state index in [4.69, 9.17) is 14.2 Å². The minimum absolute atomic E-state index is 0.177. The lowest BCUT2D eigenvalue weighted by Gasteiger charge is -2.22. The Morgan fingerprint density at radius 1 is 0.619 bits per heavy atom. The molecule has 5 aromatic carbocycles. The Balaban J connectivity index is 1.39. The van der Waals surface area contributed by atoms with Crippen LogP contribution in [0.15, 0.2) is 127 Å². The Bertz CT molecular complexity index is 1620. The maximum atomic E-state index is 13.1. The molecule has 0 fully saturated rings. The van der Waals surface area contributed by atoms with Crippen molar-refractivity contribution in [2.24, 2.45) is 0 Å². The molecule has 0 radical (unpaired) electrons. The van der Waals surface area contributed by atoms with Gasteiger partial charge in [-0.25, -0.2) is 9.59 Å². The number of hydrogen-bond acceptors (Lipinski definition) is 5. The fourth-order valence-corrected chi connectivity index (χ4v) is 4.59. The monoisotopic (exact) mass is 558 g/mol. The van der Waals surface area contributed by atoms with Crippen LogP contribution in [0.25, 0.3) is 11.1 Å². The van der Waals surface area contributed by atoms with Crippen molar-refractivity contribution in [3.63, 3.8) is 0 Å². The van der Waals surface area contributed by atoms with Crippen molar-refractivity contribution in [1.82, 2.24) is 0 Å². The van der Waals surface area contributed by atoms with Gasteiger partial charge in [0.25, 0.3) is 0 Å². The van der Waals surface area contributed by atoms with E-state index in [0.717, 1.165) is 22.3 Å².